The van der Waals surface area contributed by atoms with Crippen molar-refractivity contribution in [2.75, 3.05) is 7.05 Å². The van der Waals surface area contributed by atoms with E-state index in [2.05, 4.69) is 33.4 Å². The molecule has 2 aromatic rings. The summed E-state index contributed by atoms with van der Waals surface area (Å²) >= 11 is 0. The maximum atomic E-state index is 4.55. The van der Waals surface area contributed by atoms with Gasteiger partial charge in [-0.25, -0.2) is 4.98 Å². The molecule has 3 N–H and O–H groups in total. The summed E-state index contributed by atoms with van der Waals surface area (Å²) in [7, 11) is 2.06. The molecule has 1 aliphatic rings. The van der Waals surface area contributed by atoms with Crippen molar-refractivity contribution in [1.82, 2.24) is 20.3 Å². The lowest BCUT2D eigenvalue weighted by atomic mass is 9.86. The molecule has 0 spiro atoms. The maximum Gasteiger partial charge on any atom is 0.109 e. The van der Waals surface area contributed by atoms with Crippen molar-refractivity contribution in [2.45, 2.75) is 37.6 Å². The van der Waals surface area contributed by atoms with E-state index in [1.807, 2.05) is 18.5 Å². The summed E-state index contributed by atoms with van der Waals surface area (Å²) in [6.07, 6.45) is 8.82. The van der Waals surface area contributed by atoms with Crippen molar-refractivity contribution in [3.05, 3.63) is 30.4 Å². The Morgan fingerprint density at radius 3 is 2.72 bits per heavy atom. The number of rotatable bonds is 3. The minimum Gasteiger partial charge on any atom is -0.360 e. The molecule has 1 fully saturated rings. The van der Waals surface area contributed by atoms with Gasteiger partial charge in [-0.1, -0.05) is 0 Å². The van der Waals surface area contributed by atoms with Crippen LogP contribution in [0.4, 0.5) is 0 Å². The zero-order chi connectivity index (χ0) is 12.4. The lowest BCUT2D eigenvalue weighted by molar-refractivity contribution is 0.352. The lowest BCUT2D eigenvalue weighted by Gasteiger charge is -2.26. The molecular weight excluding hydrogens is 224 g/mol. The Bertz CT molecular complexity index is 478. The Labute approximate surface area is 107 Å². The summed E-state index contributed by atoms with van der Waals surface area (Å²) in [5, 5.41) is 3.37. The van der Waals surface area contributed by atoms with Gasteiger partial charge in [0.05, 0.1) is 17.6 Å². The SMILES string of the molecule is CNC1CCC(c2ncc(-c3ccc[nH]3)[nH]2)CC1. The molecule has 96 valence electrons. The average Bonchev–Trinajstić information content (AvgIpc) is 3.09. The zero-order valence-corrected chi connectivity index (χ0v) is 10.7. The number of hydrogen-bond acceptors (Lipinski definition) is 2. The molecule has 0 aliphatic heterocycles. The van der Waals surface area contributed by atoms with Gasteiger partial charge >= 0.3 is 0 Å². The van der Waals surface area contributed by atoms with Gasteiger partial charge in [0.2, 0.25) is 0 Å². The Morgan fingerprint density at radius 2 is 2.06 bits per heavy atom. The van der Waals surface area contributed by atoms with Crippen molar-refractivity contribution in [1.29, 1.82) is 0 Å². The molecule has 0 aromatic carbocycles. The van der Waals surface area contributed by atoms with Crippen LogP contribution in [0.2, 0.25) is 0 Å². The molecule has 2 heterocycles. The lowest BCUT2D eigenvalue weighted by Crippen LogP contribution is -2.29. The molecule has 18 heavy (non-hydrogen) atoms. The van der Waals surface area contributed by atoms with Crippen molar-refractivity contribution in [3.63, 3.8) is 0 Å². The summed E-state index contributed by atoms with van der Waals surface area (Å²) < 4.78 is 0. The number of H-pyrrole nitrogens is 2. The van der Waals surface area contributed by atoms with Crippen molar-refractivity contribution in [3.8, 4) is 11.4 Å². The van der Waals surface area contributed by atoms with Gasteiger partial charge in [-0.05, 0) is 44.9 Å². The van der Waals surface area contributed by atoms with Crippen LogP contribution >= 0.6 is 0 Å². The number of nitrogens with one attached hydrogen (secondary N) is 3. The van der Waals surface area contributed by atoms with Crippen LogP contribution in [0.5, 0.6) is 0 Å². The second-order valence-electron chi connectivity index (χ2n) is 5.10. The first-order valence-corrected chi connectivity index (χ1v) is 6.72. The van der Waals surface area contributed by atoms with Gasteiger partial charge in [0.15, 0.2) is 0 Å². The Morgan fingerprint density at radius 1 is 1.22 bits per heavy atom. The molecule has 0 saturated heterocycles. The molecule has 1 saturated carbocycles. The molecule has 4 nitrogen and oxygen atoms in total. The fourth-order valence-corrected chi connectivity index (χ4v) is 2.83. The van der Waals surface area contributed by atoms with Crippen LogP contribution in [0.1, 0.15) is 37.4 Å². The van der Waals surface area contributed by atoms with Gasteiger partial charge in [-0.15, -0.1) is 0 Å². The van der Waals surface area contributed by atoms with Gasteiger partial charge in [0.1, 0.15) is 5.82 Å². The quantitative estimate of drug-likeness (QED) is 0.777. The van der Waals surface area contributed by atoms with E-state index in [-0.39, 0.29) is 0 Å². The van der Waals surface area contributed by atoms with E-state index in [0.29, 0.717) is 12.0 Å². The molecular formula is C14H20N4. The second-order valence-corrected chi connectivity index (χ2v) is 5.10. The van der Waals surface area contributed by atoms with Gasteiger partial charge in [-0.2, -0.15) is 0 Å². The molecule has 0 bridgehead atoms. The Balaban J connectivity index is 1.71. The van der Waals surface area contributed by atoms with Crippen LogP contribution in [-0.2, 0) is 0 Å². The van der Waals surface area contributed by atoms with Gasteiger partial charge in [-0.3, -0.25) is 0 Å². The van der Waals surface area contributed by atoms with Crippen LogP contribution in [0.3, 0.4) is 0 Å². The van der Waals surface area contributed by atoms with Crippen LogP contribution in [-0.4, -0.2) is 28.0 Å². The number of nitrogens with zero attached hydrogens (tertiary/aromatic N) is 1. The minimum atomic E-state index is 0.596. The van der Waals surface area contributed by atoms with E-state index < -0.39 is 0 Å². The van der Waals surface area contributed by atoms with Gasteiger partial charge in [0.25, 0.3) is 0 Å². The summed E-state index contributed by atoms with van der Waals surface area (Å²) in [5.74, 6) is 1.74. The van der Waals surface area contributed by atoms with E-state index in [9.17, 15) is 0 Å². The molecule has 1 aliphatic carbocycles. The molecule has 3 rings (SSSR count). The number of aromatic nitrogens is 3. The molecule has 0 unspecified atom stereocenters. The van der Waals surface area contributed by atoms with Crippen molar-refractivity contribution >= 4 is 0 Å². The number of imidazole rings is 1. The average molecular weight is 244 g/mol. The fourth-order valence-electron chi connectivity index (χ4n) is 2.83. The van der Waals surface area contributed by atoms with E-state index >= 15 is 0 Å². The first kappa shape index (κ1) is 11.5. The second kappa shape index (κ2) is 4.98. The zero-order valence-electron chi connectivity index (χ0n) is 10.7. The molecule has 4 heteroatoms. The molecule has 0 amide bonds. The summed E-state index contributed by atoms with van der Waals surface area (Å²) in [4.78, 5) is 11.2. The first-order chi connectivity index (χ1) is 8.86. The van der Waals surface area contributed by atoms with Gasteiger partial charge in [0, 0.05) is 18.2 Å². The van der Waals surface area contributed by atoms with Gasteiger partial charge < -0.3 is 15.3 Å². The highest BCUT2D eigenvalue weighted by atomic mass is 14.9. The van der Waals surface area contributed by atoms with E-state index in [1.54, 1.807) is 0 Å². The maximum absolute atomic E-state index is 4.55. The molecule has 0 radical (unpaired) electrons. The summed E-state index contributed by atoms with van der Waals surface area (Å²) in [5.41, 5.74) is 2.20. The van der Waals surface area contributed by atoms with Crippen LogP contribution in [0.25, 0.3) is 11.4 Å². The first-order valence-electron chi connectivity index (χ1n) is 6.72. The van der Waals surface area contributed by atoms with E-state index in [0.717, 1.165) is 17.2 Å². The van der Waals surface area contributed by atoms with Crippen molar-refractivity contribution < 1.29 is 0 Å². The third-order valence-corrected chi connectivity index (χ3v) is 4.01. The Kier molecular flexibility index (Phi) is 3.19. The number of hydrogen-bond donors (Lipinski definition) is 3. The highest BCUT2D eigenvalue weighted by Crippen LogP contribution is 2.32. The fraction of sp³-hybridized carbons (Fsp3) is 0.500. The summed E-state index contributed by atoms with van der Waals surface area (Å²) in [6, 6.07) is 4.77. The highest BCUT2D eigenvalue weighted by Gasteiger charge is 2.23. The Hall–Kier alpha value is -1.55. The predicted octanol–water partition coefficient (Wildman–Crippen LogP) is 2.65. The van der Waals surface area contributed by atoms with Crippen LogP contribution in [0.15, 0.2) is 24.5 Å². The summed E-state index contributed by atoms with van der Waals surface area (Å²) in [6.45, 7) is 0. The van der Waals surface area contributed by atoms with Crippen molar-refractivity contribution in [2.24, 2.45) is 0 Å². The minimum absolute atomic E-state index is 0.596. The van der Waals surface area contributed by atoms with Crippen LogP contribution < -0.4 is 5.32 Å². The normalized spacial score (nSPS) is 24.3. The van der Waals surface area contributed by atoms with E-state index in [4.69, 9.17) is 0 Å². The highest BCUT2D eigenvalue weighted by molar-refractivity contribution is 5.53. The topological polar surface area (TPSA) is 56.5 Å². The molecule has 2 aromatic heterocycles. The van der Waals surface area contributed by atoms with E-state index in [1.165, 1.54) is 25.7 Å². The predicted molar refractivity (Wildman–Crippen MR) is 72.4 cm³/mol. The third-order valence-electron chi connectivity index (χ3n) is 4.01. The number of aromatic amines is 2. The standard InChI is InChI=1S/C14H20N4/c1-15-11-6-4-10(5-7-11)14-17-9-13(18-14)12-3-2-8-16-12/h2-3,8-11,15-16H,4-7H2,1H3,(H,17,18). The molecule has 0 atom stereocenters. The van der Waals surface area contributed by atoms with Crippen LogP contribution in [0, 0.1) is 0 Å². The largest absolute Gasteiger partial charge is 0.360 e. The smallest absolute Gasteiger partial charge is 0.109 e. The monoisotopic (exact) mass is 244 g/mol. The third kappa shape index (κ3) is 2.20.